The van der Waals surface area contributed by atoms with Gasteiger partial charge in [0.2, 0.25) is 5.91 Å². The van der Waals surface area contributed by atoms with Crippen molar-refractivity contribution in [3.8, 4) is 0 Å². The van der Waals surface area contributed by atoms with Gasteiger partial charge in [0, 0.05) is 23.9 Å². The molecule has 0 aliphatic heterocycles. The number of hydrogen-bond donors (Lipinski definition) is 2. The standard InChI is InChI=1S/C20H20N4O3/c1-12-3-6-16-15(9-12)18-19(23-16)20(26)24(11-22-18)8-7-17(25)21-10-14-5-4-13(2)27-14/h3-6,9,11,23H,7-8,10H2,1-2H3,(H,21,25). The summed E-state index contributed by atoms with van der Waals surface area (Å²) in [5.74, 6) is 1.36. The molecule has 0 spiro atoms. The van der Waals surface area contributed by atoms with Crippen LogP contribution in [0.3, 0.4) is 0 Å². The van der Waals surface area contributed by atoms with Crippen molar-refractivity contribution in [2.75, 3.05) is 0 Å². The molecule has 7 heteroatoms. The lowest BCUT2D eigenvalue weighted by atomic mass is 10.2. The van der Waals surface area contributed by atoms with Crippen LogP contribution in [0.25, 0.3) is 21.9 Å². The molecule has 4 rings (SSSR count). The zero-order chi connectivity index (χ0) is 19.0. The normalized spacial score (nSPS) is 11.3. The van der Waals surface area contributed by atoms with Gasteiger partial charge in [-0.1, -0.05) is 11.6 Å². The quantitative estimate of drug-likeness (QED) is 0.569. The minimum absolute atomic E-state index is 0.150. The molecule has 0 saturated carbocycles. The Bertz CT molecular complexity index is 1200. The Hall–Kier alpha value is -3.35. The highest BCUT2D eigenvalue weighted by Gasteiger charge is 2.12. The average molecular weight is 364 g/mol. The van der Waals surface area contributed by atoms with Crippen molar-refractivity contribution in [1.82, 2.24) is 19.9 Å². The minimum atomic E-state index is -0.177. The summed E-state index contributed by atoms with van der Waals surface area (Å²) in [4.78, 5) is 32.3. The number of aromatic amines is 1. The van der Waals surface area contributed by atoms with Crippen LogP contribution in [-0.4, -0.2) is 20.4 Å². The number of carbonyl (C=O) groups excluding carboxylic acids is 1. The number of nitrogens with one attached hydrogen (secondary N) is 2. The third kappa shape index (κ3) is 3.36. The lowest BCUT2D eigenvalue weighted by Crippen LogP contribution is -2.27. The lowest BCUT2D eigenvalue weighted by Gasteiger charge is -2.06. The van der Waals surface area contributed by atoms with Crippen molar-refractivity contribution in [3.63, 3.8) is 0 Å². The van der Waals surface area contributed by atoms with E-state index in [-0.39, 0.29) is 24.4 Å². The van der Waals surface area contributed by atoms with Crippen molar-refractivity contribution in [1.29, 1.82) is 0 Å². The van der Waals surface area contributed by atoms with Crippen molar-refractivity contribution >= 4 is 27.8 Å². The fourth-order valence-corrected chi connectivity index (χ4v) is 3.14. The highest BCUT2D eigenvalue weighted by molar-refractivity contribution is 6.04. The first-order valence-electron chi connectivity index (χ1n) is 8.81. The van der Waals surface area contributed by atoms with Gasteiger partial charge in [-0.25, -0.2) is 4.98 Å². The van der Waals surface area contributed by atoms with E-state index >= 15 is 0 Å². The molecule has 0 aliphatic carbocycles. The van der Waals surface area contributed by atoms with Gasteiger partial charge in [0.15, 0.2) is 0 Å². The molecule has 138 valence electrons. The molecule has 0 atom stereocenters. The van der Waals surface area contributed by atoms with Crippen LogP contribution in [0.5, 0.6) is 0 Å². The van der Waals surface area contributed by atoms with Crippen molar-refractivity contribution in [2.45, 2.75) is 33.4 Å². The van der Waals surface area contributed by atoms with E-state index in [2.05, 4.69) is 15.3 Å². The van der Waals surface area contributed by atoms with E-state index < -0.39 is 0 Å². The maximum absolute atomic E-state index is 12.7. The Balaban J connectivity index is 1.49. The summed E-state index contributed by atoms with van der Waals surface area (Å²) in [6, 6.07) is 9.62. The monoisotopic (exact) mass is 364 g/mol. The highest BCUT2D eigenvalue weighted by Crippen LogP contribution is 2.22. The number of aromatic nitrogens is 3. The van der Waals surface area contributed by atoms with E-state index in [1.807, 2.05) is 44.2 Å². The Morgan fingerprint density at radius 3 is 2.89 bits per heavy atom. The lowest BCUT2D eigenvalue weighted by molar-refractivity contribution is -0.121. The molecule has 1 aromatic carbocycles. The third-order valence-corrected chi connectivity index (χ3v) is 4.56. The summed E-state index contributed by atoms with van der Waals surface area (Å²) in [5, 5.41) is 3.72. The number of nitrogens with zero attached hydrogens (tertiary/aromatic N) is 2. The van der Waals surface area contributed by atoms with Gasteiger partial charge in [0.05, 0.1) is 12.9 Å². The molecule has 4 aromatic rings. The molecule has 0 bridgehead atoms. The number of rotatable bonds is 5. The van der Waals surface area contributed by atoms with Crippen molar-refractivity contribution in [2.24, 2.45) is 0 Å². The number of hydrogen-bond acceptors (Lipinski definition) is 4. The summed E-state index contributed by atoms with van der Waals surface area (Å²) in [5.41, 5.74) is 2.93. The number of carbonyl (C=O) groups is 1. The van der Waals surface area contributed by atoms with Crippen LogP contribution in [-0.2, 0) is 17.9 Å². The molecule has 3 aromatic heterocycles. The number of benzene rings is 1. The van der Waals surface area contributed by atoms with Gasteiger partial charge in [-0.15, -0.1) is 0 Å². The van der Waals surface area contributed by atoms with E-state index in [9.17, 15) is 9.59 Å². The minimum Gasteiger partial charge on any atom is -0.465 e. The maximum Gasteiger partial charge on any atom is 0.277 e. The van der Waals surface area contributed by atoms with Crippen LogP contribution < -0.4 is 10.9 Å². The van der Waals surface area contributed by atoms with E-state index in [4.69, 9.17) is 4.42 Å². The van der Waals surface area contributed by atoms with Gasteiger partial charge in [0.25, 0.3) is 5.56 Å². The highest BCUT2D eigenvalue weighted by atomic mass is 16.3. The predicted octanol–water partition coefficient (Wildman–Crippen LogP) is 2.79. The largest absolute Gasteiger partial charge is 0.465 e. The number of fused-ring (bicyclic) bond motifs is 3. The van der Waals surface area contributed by atoms with Gasteiger partial charge < -0.3 is 14.7 Å². The maximum atomic E-state index is 12.7. The average Bonchev–Trinajstić information content (AvgIpc) is 3.23. The van der Waals surface area contributed by atoms with E-state index in [0.717, 1.165) is 22.2 Å². The molecule has 1 amide bonds. The molecule has 0 unspecified atom stereocenters. The topological polar surface area (TPSA) is 92.9 Å². The molecule has 3 heterocycles. The zero-order valence-corrected chi connectivity index (χ0v) is 15.2. The van der Waals surface area contributed by atoms with Gasteiger partial charge in [-0.05, 0) is 38.1 Å². The smallest absolute Gasteiger partial charge is 0.277 e. The summed E-state index contributed by atoms with van der Waals surface area (Å²) in [6.07, 6.45) is 1.69. The Labute approximate surface area is 155 Å². The summed E-state index contributed by atoms with van der Waals surface area (Å²) in [6.45, 7) is 4.45. The number of aryl methyl sites for hydroxylation is 3. The Morgan fingerprint density at radius 2 is 2.11 bits per heavy atom. The summed E-state index contributed by atoms with van der Waals surface area (Å²) in [7, 11) is 0. The van der Waals surface area contributed by atoms with Gasteiger partial charge in [0.1, 0.15) is 22.6 Å². The second kappa shape index (κ2) is 6.75. The van der Waals surface area contributed by atoms with Crippen LogP contribution in [0.2, 0.25) is 0 Å². The van der Waals surface area contributed by atoms with Gasteiger partial charge in [-0.2, -0.15) is 0 Å². The third-order valence-electron chi connectivity index (χ3n) is 4.56. The second-order valence-electron chi connectivity index (χ2n) is 6.68. The van der Waals surface area contributed by atoms with Crippen LogP contribution in [0, 0.1) is 13.8 Å². The first kappa shape index (κ1) is 17.1. The number of amides is 1. The molecular formula is C20H20N4O3. The molecule has 2 N–H and O–H groups in total. The first-order chi connectivity index (χ1) is 13.0. The second-order valence-corrected chi connectivity index (χ2v) is 6.68. The molecule has 0 fully saturated rings. The van der Waals surface area contributed by atoms with Gasteiger partial charge >= 0.3 is 0 Å². The Kier molecular flexibility index (Phi) is 4.27. The van der Waals surface area contributed by atoms with Crippen LogP contribution >= 0.6 is 0 Å². The Morgan fingerprint density at radius 1 is 1.26 bits per heavy atom. The van der Waals surface area contributed by atoms with Crippen molar-refractivity contribution < 1.29 is 9.21 Å². The van der Waals surface area contributed by atoms with E-state index in [1.54, 1.807) is 0 Å². The fraction of sp³-hybridized carbons (Fsp3) is 0.250. The molecular weight excluding hydrogens is 344 g/mol. The molecule has 27 heavy (non-hydrogen) atoms. The molecule has 0 aliphatic rings. The fourth-order valence-electron chi connectivity index (χ4n) is 3.14. The van der Waals surface area contributed by atoms with E-state index in [0.29, 0.717) is 23.3 Å². The molecule has 7 nitrogen and oxygen atoms in total. The number of furan rings is 1. The zero-order valence-electron chi connectivity index (χ0n) is 15.2. The molecule has 0 radical (unpaired) electrons. The van der Waals surface area contributed by atoms with Crippen molar-refractivity contribution in [3.05, 3.63) is 64.1 Å². The summed E-state index contributed by atoms with van der Waals surface area (Å²) >= 11 is 0. The van der Waals surface area contributed by atoms with Crippen LogP contribution in [0.1, 0.15) is 23.5 Å². The first-order valence-corrected chi connectivity index (χ1v) is 8.81. The van der Waals surface area contributed by atoms with Crippen LogP contribution in [0.4, 0.5) is 0 Å². The van der Waals surface area contributed by atoms with Crippen LogP contribution in [0.15, 0.2) is 45.9 Å². The van der Waals surface area contributed by atoms with E-state index in [1.165, 1.54) is 10.9 Å². The number of H-pyrrole nitrogens is 1. The SMILES string of the molecule is Cc1ccc2[nH]c3c(=O)n(CCC(=O)NCc4ccc(C)o4)cnc3c2c1. The molecule has 0 saturated heterocycles. The van der Waals surface area contributed by atoms with Gasteiger partial charge in [-0.3, -0.25) is 14.2 Å². The predicted molar refractivity (Wildman–Crippen MR) is 103 cm³/mol. The summed E-state index contributed by atoms with van der Waals surface area (Å²) < 4.78 is 6.88.